The number of nitrogens with zero attached hydrogens (tertiary/aromatic N) is 1. The van der Waals surface area contributed by atoms with E-state index in [9.17, 15) is 19.8 Å². The molecule has 0 radical (unpaired) electrons. The standard InChI is InChI=1S/C32H35NO7/c1-4-6-7-17-40-24-14-11-22(12-15-24)30(35)28-29(23-13-16-26(34)27(19-23)39-5-2)33(32(37)31(28)36)20-21-9-8-10-25(18-21)38-3/h8-16,18-19,29,34-35H,4-7,17,20H2,1-3H3/b30-28-. The maximum Gasteiger partial charge on any atom is 0.295 e. The zero-order valence-electron chi connectivity index (χ0n) is 23.1. The van der Waals surface area contributed by atoms with Crippen LogP contribution in [0.15, 0.2) is 72.3 Å². The summed E-state index contributed by atoms with van der Waals surface area (Å²) in [6.45, 7) is 4.92. The molecule has 0 spiro atoms. The van der Waals surface area contributed by atoms with Gasteiger partial charge in [0, 0.05) is 12.1 Å². The van der Waals surface area contributed by atoms with Crippen LogP contribution in [0.5, 0.6) is 23.0 Å². The monoisotopic (exact) mass is 545 g/mol. The molecule has 1 saturated heterocycles. The summed E-state index contributed by atoms with van der Waals surface area (Å²) in [6, 6.07) is 17.8. The number of amides is 1. The number of benzene rings is 3. The van der Waals surface area contributed by atoms with Crippen LogP contribution in [-0.4, -0.2) is 47.1 Å². The molecular weight excluding hydrogens is 510 g/mol. The SMILES string of the molecule is CCCCCOc1ccc(/C(O)=C2/C(=O)C(=O)N(Cc3cccc(OC)c3)C2c2ccc(O)c(OCC)c2)cc1. The van der Waals surface area contributed by atoms with Gasteiger partial charge in [0.25, 0.3) is 11.7 Å². The number of carbonyl (C=O) groups excluding carboxylic acids is 2. The predicted octanol–water partition coefficient (Wildman–Crippen LogP) is 5.99. The van der Waals surface area contributed by atoms with Gasteiger partial charge in [-0.3, -0.25) is 9.59 Å². The van der Waals surface area contributed by atoms with Crippen molar-refractivity contribution >= 4 is 17.4 Å². The molecule has 0 aromatic heterocycles. The Labute approximate surface area is 234 Å². The maximum absolute atomic E-state index is 13.4. The molecule has 1 fully saturated rings. The summed E-state index contributed by atoms with van der Waals surface area (Å²) >= 11 is 0. The van der Waals surface area contributed by atoms with Gasteiger partial charge in [0.15, 0.2) is 11.5 Å². The minimum Gasteiger partial charge on any atom is -0.507 e. The highest BCUT2D eigenvalue weighted by molar-refractivity contribution is 6.46. The number of likely N-dealkylation sites (tertiary alicyclic amines) is 1. The number of carbonyl (C=O) groups is 2. The molecule has 40 heavy (non-hydrogen) atoms. The van der Waals surface area contributed by atoms with E-state index in [0.29, 0.717) is 35.8 Å². The van der Waals surface area contributed by atoms with Crippen molar-refractivity contribution in [2.75, 3.05) is 20.3 Å². The van der Waals surface area contributed by atoms with Gasteiger partial charge in [0.05, 0.1) is 31.9 Å². The molecule has 0 saturated carbocycles. The molecule has 1 aliphatic rings. The number of ether oxygens (including phenoxy) is 3. The van der Waals surface area contributed by atoms with E-state index >= 15 is 0 Å². The summed E-state index contributed by atoms with van der Waals surface area (Å²) < 4.78 is 16.7. The van der Waals surface area contributed by atoms with Crippen molar-refractivity contribution in [1.82, 2.24) is 4.90 Å². The molecule has 210 valence electrons. The zero-order valence-corrected chi connectivity index (χ0v) is 23.1. The number of aliphatic hydroxyl groups is 1. The Balaban J connectivity index is 1.76. The molecule has 1 unspecified atom stereocenters. The van der Waals surface area contributed by atoms with Gasteiger partial charge in [0.2, 0.25) is 0 Å². The van der Waals surface area contributed by atoms with Crippen LogP contribution in [0, 0.1) is 0 Å². The number of methoxy groups -OCH3 is 1. The Morgan fingerprint density at radius 2 is 1.70 bits per heavy atom. The summed E-state index contributed by atoms with van der Waals surface area (Å²) in [5.41, 5.74) is 1.60. The average Bonchev–Trinajstić information content (AvgIpc) is 3.21. The fraction of sp³-hybridized carbons (Fsp3) is 0.312. The molecule has 2 N–H and O–H groups in total. The Bertz CT molecular complexity index is 1380. The zero-order chi connectivity index (χ0) is 28.6. The van der Waals surface area contributed by atoms with Gasteiger partial charge >= 0.3 is 0 Å². The third-order valence-electron chi connectivity index (χ3n) is 6.77. The number of phenolic OH excluding ortho intramolecular Hbond substituents is 1. The largest absolute Gasteiger partial charge is 0.507 e. The minimum absolute atomic E-state index is 0.0438. The number of rotatable bonds is 12. The average molecular weight is 546 g/mol. The molecule has 0 aliphatic carbocycles. The molecule has 8 nitrogen and oxygen atoms in total. The van der Waals surface area contributed by atoms with Crippen molar-refractivity contribution in [2.24, 2.45) is 0 Å². The van der Waals surface area contributed by atoms with Gasteiger partial charge in [-0.25, -0.2) is 0 Å². The number of hydrogen-bond donors (Lipinski definition) is 2. The number of aliphatic hydroxyl groups excluding tert-OH is 1. The van der Waals surface area contributed by atoms with Crippen molar-refractivity contribution in [3.05, 3.63) is 89.0 Å². The summed E-state index contributed by atoms with van der Waals surface area (Å²) in [5.74, 6) is -0.400. The molecule has 1 amide bonds. The Morgan fingerprint density at radius 1 is 0.925 bits per heavy atom. The first-order valence-corrected chi connectivity index (χ1v) is 13.5. The number of hydrogen-bond acceptors (Lipinski definition) is 7. The third kappa shape index (κ3) is 6.22. The van der Waals surface area contributed by atoms with Gasteiger partial charge in [-0.1, -0.05) is 38.0 Å². The first kappa shape index (κ1) is 28.5. The molecule has 4 rings (SSSR count). The van der Waals surface area contributed by atoms with Gasteiger partial charge in [-0.15, -0.1) is 0 Å². The fourth-order valence-electron chi connectivity index (χ4n) is 4.74. The normalized spacial score (nSPS) is 16.3. The smallest absolute Gasteiger partial charge is 0.295 e. The molecule has 3 aromatic carbocycles. The third-order valence-corrected chi connectivity index (χ3v) is 6.77. The van der Waals surface area contributed by atoms with Crippen LogP contribution in [0.1, 0.15) is 55.8 Å². The molecule has 0 bridgehead atoms. The Kier molecular flexibility index (Phi) is 9.32. The van der Waals surface area contributed by atoms with Crippen molar-refractivity contribution < 1.29 is 34.0 Å². The number of aromatic hydroxyl groups is 1. The lowest BCUT2D eigenvalue weighted by Gasteiger charge is -2.26. The van der Waals surface area contributed by atoms with Crippen LogP contribution in [-0.2, 0) is 16.1 Å². The molecule has 1 heterocycles. The van der Waals surface area contributed by atoms with Crippen LogP contribution >= 0.6 is 0 Å². The summed E-state index contributed by atoms with van der Waals surface area (Å²) in [4.78, 5) is 28.2. The highest BCUT2D eigenvalue weighted by Gasteiger charge is 2.46. The van der Waals surface area contributed by atoms with Gasteiger partial charge < -0.3 is 29.3 Å². The number of phenols is 1. The van der Waals surface area contributed by atoms with Crippen LogP contribution in [0.4, 0.5) is 0 Å². The van der Waals surface area contributed by atoms with Crippen LogP contribution in [0.3, 0.4) is 0 Å². The molecular formula is C32H35NO7. The first-order chi connectivity index (χ1) is 19.4. The highest BCUT2D eigenvalue weighted by atomic mass is 16.5. The quantitative estimate of drug-likeness (QED) is 0.125. The van der Waals surface area contributed by atoms with Gasteiger partial charge in [0.1, 0.15) is 17.3 Å². The van der Waals surface area contributed by atoms with Gasteiger partial charge in [-0.05, 0) is 73.0 Å². The van der Waals surface area contributed by atoms with E-state index in [1.165, 1.54) is 11.0 Å². The van der Waals surface area contributed by atoms with E-state index < -0.39 is 17.7 Å². The molecule has 1 atom stereocenters. The lowest BCUT2D eigenvalue weighted by Crippen LogP contribution is -2.29. The maximum atomic E-state index is 13.4. The summed E-state index contributed by atoms with van der Waals surface area (Å²) in [5, 5.41) is 21.7. The number of unbranched alkanes of at least 4 members (excludes halogenated alkanes) is 2. The lowest BCUT2D eigenvalue weighted by atomic mass is 9.94. The molecule has 1 aliphatic heterocycles. The van der Waals surface area contributed by atoms with E-state index in [1.54, 1.807) is 68.6 Å². The van der Waals surface area contributed by atoms with E-state index in [0.717, 1.165) is 24.8 Å². The van der Waals surface area contributed by atoms with Crippen molar-refractivity contribution in [1.29, 1.82) is 0 Å². The first-order valence-electron chi connectivity index (χ1n) is 13.5. The minimum atomic E-state index is -0.920. The van der Waals surface area contributed by atoms with E-state index in [4.69, 9.17) is 14.2 Å². The van der Waals surface area contributed by atoms with E-state index in [1.807, 2.05) is 6.07 Å². The second-order valence-corrected chi connectivity index (χ2v) is 9.52. The number of ketones is 1. The van der Waals surface area contributed by atoms with Crippen molar-refractivity contribution in [3.63, 3.8) is 0 Å². The second-order valence-electron chi connectivity index (χ2n) is 9.52. The predicted molar refractivity (Wildman–Crippen MR) is 152 cm³/mol. The fourth-order valence-corrected chi connectivity index (χ4v) is 4.74. The summed E-state index contributed by atoms with van der Waals surface area (Å²) in [7, 11) is 1.55. The van der Waals surface area contributed by atoms with Gasteiger partial charge in [-0.2, -0.15) is 0 Å². The highest BCUT2D eigenvalue weighted by Crippen LogP contribution is 2.42. The summed E-state index contributed by atoms with van der Waals surface area (Å²) in [6.07, 6.45) is 3.13. The van der Waals surface area contributed by atoms with Crippen molar-refractivity contribution in [3.8, 4) is 23.0 Å². The Hall–Kier alpha value is -4.46. The second kappa shape index (κ2) is 13.1. The van der Waals surface area contributed by atoms with Crippen LogP contribution in [0.25, 0.3) is 5.76 Å². The van der Waals surface area contributed by atoms with E-state index in [2.05, 4.69) is 6.92 Å². The number of Topliss-reactive ketones (excluding diaryl/α,β-unsaturated/α-hetero) is 1. The van der Waals surface area contributed by atoms with Crippen molar-refractivity contribution in [2.45, 2.75) is 45.7 Å². The Morgan fingerprint density at radius 3 is 2.40 bits per heavy atom. The molecule has 3 aromatic rings. The van der Waals surface area contributed by atoms with Crippen LogP contribution < -0.4 is 14.2 Å². The molecule has 8 heteroatoms. The topological polar surface area (TPSA) is 106 Å². The lowest BCUT2D eigenvalue weighted by molar-refractivity contribution is -0.140. The van der Waals surface area contributed by atoms with Crippen LogP contribution in [0.2, 0.25) is 0 Å². The van der Waals surface area contributed by atoms with E-state index in [-0.39, 0.29) is 29.4 Å².